The normalized spacial score (nSPS) is 22.5. The molecule has 26 heavy (non-hydrogen) atoms. The van der Waals surface area contributed by atoms with Crippen molar-refractivity contribution in [1.82, 2.24) is 0 Å². The van der Waals surface area contributed by atoms with Crippen LogP contribution in [0.3, 0.4) is 0 Å². The Bertz CT molecular complexity index is 822. The average molecular weight is 378 g/mol. The Hall–Kier alpha value is -2.47. The summed E-state index contributed by atoms with van der Waals surface area (Å²) in [5.74, 6) is 1.47. The molecule has 1 aliphatic rings. The van der Waals surface area contributed by atoms with Gasteiger partial charge in [0.25, 0.3) is 0 Å². The molecule has 0 bridgehead atoms. The lowest BCUT2D eigenvalue weighted by molar-refractivity contribution is 0.0415. The fourth-order valence-electron chi connectivity index (χ4n) is 3.06. The summed E-state index contributed by atoms with van der Waals surface area (Å²) in [7, 11) is 3.14. The standard InChI is InChI=1S/C19H21ClFN3O2/c1-25-15-6-7-17(26-2)16(9-15)24-18(22)23-14-10-19(21,11-14)12-4-3-5-13(20)8-12/h3-9,14H,10-11H2,1-2H3,(H3,22,23,24). The van der Waals surface area contributed by atoms with Gasteiger partial charge < -0.3 is 20.5 Å². The summed E-state index contributed by atoms with van der Waals surface area (Å²) in [6.45, 7) is 0. The molecule has 0 aromatic heterocycles. The molecule has 0 atom stereocenters. The van der Waals surface area contributed by atoms with Gasteiger partial charge in [-0.05, 0) is 29.8 Å². The minimum atomic E-state index is -1.41. The maximum absolute atomic E-state index is 14.9. The zero-order valence-corrected chi connectivity index (χ0v) is 15.4. The molecular formula is C19H21ClFN3O2. The Morgan fingerprint density at radius 1 is 1.23 bits per heavy atom. The predicted octanol–water partition coefficient (Wildman–Crippen LogP) is 4.11. The summed E-state index contributed by atoms with van der Waals surface area (Å²) in [4.78, 5) is 4.37. The molecule has 0 heterocycles. The summed E-state index contributed by atoms with van der Waals surface area (Å²) >= 11 is 5.95. The van der Waals surface area contributed by atoms with E-state index in [-0.39, 0.29) is 24.8 Å². The van der Waals surface area contributed by atoms with Crippen molar-refractivity contribution in [2.75, 3.05) is 19.5 Å². The Kier molecular flexibility index (Phi) is 5.23. The highest BCUT2D eigenvalue weighted by Crippen LogP contribution is 2.47. The second-order valence-electron chi connectivity index (χ2n) is 6.24. The van der Waals surface area contributed by atoms with Gasteiger partial charge in [-0.3, -0.25) is 0 Å². The average Bonchev–Trinajstić information content (AvgIpc) is 2.60. The number of rotatable bonds is 5. The molecule has 0 radical (unpaired) electrons. The number of benzene rings is 2. The van der Waals surface area contributed by atoms with Crippen molar-refractivity contribution in [3.63, 3.8) is 0 Å². The molecule has 0 saturated heterocycles. The van der Waals surface area contributed by atoms with Gasteiger partial charge in [-0.15, -0.1) is 0 Å². The SMILES string of the molecule is COc1ccc(OC)c(NC(N)=NC2CC(F)(c3cccc(Cl)c3)C2)c1. The van der Waals surface area contributed by atoms with Crippen molar-refractivity contribution in [2.45, 2.75) is 24.6 Å². The molecule has 1 aliphatic carbocycles. The number of ether oxygens (including phenoxy) is 2. The van der Waals surface area contributed by atoms with E-state index in [4.69, 9.17) is 26.8 Å². The lowest BCUT2D eigenvalue weighted by Gasteiger charge is -2.39. The molecule has 0 unspecified atom stereocenters. The predicted molar refractivity (Wildman–Crippen MR) is 102 cm³/mol. The van der Waals surface area contributed by atoms with E-state index in [1.807, 2.05) is 0 Å². The number of aliphatic imine (C=N–C) groups is 1. The van der Waals surface area contributed by atoms with Crippen molar-refractivity contribution in [3.05, 3.63) is 53.1 Å². The molecule has 0 spiro atoms. The summed E-state index contributed by atoms with van der Waals surface area (Å²) in [5.41, 5.74) is 5.79. The lowest BCUT2D eigenvalue weighted by Crippen LogP contribution is -2.41. The van der Waals surface area contributed by atoms with Gasteiger partial charge in [-0.1, -0.05) is 23.7 Å². The van der Waals surface area contributed by atoms with Gasteiger partial charge in [0.1, 0.15) is 17.2 Å². The number of nitrogens with zero attached hydrogens (tertiary/aromatic N) is 1. The van der Waals surface area contributed by atoms with E-state index >= 15 is 0 Å². The van der Waals surface area contributed by atoms with E-state index in [1.54, 1.807) is 56.7 Å². The van der Waals surface area contributed by atoms with E-state index < -0.39 is 5.67 Å². The maximum atomic E-state index is 14.9. The molecule has 7 heteroatoms. The van der Waals surface area contributed by atoms with Gasteiger partial charge in [0.15, 0.2) is 5.96 Å². The first-order valence-electron chi connectivity index (χ1n) is 8.21. The van der Waals surface area contributed by atoms with Crippen LogP contribution in [0.5, 0.6) is 11.5 Å². The van der Waals surface area contributed by atoms with Crippen molar-refractivity contribution in [2.24, 2.45) is 10.7 Å². The van der Waals surface area contributed by atoms with Gasteiger partial charge in [-0.2, -0.15) is 0 Å². The highest BCUT2D eigenvalue weighted by Gasteiger charge is 2.46. The van der Waals surface area contributed by atoms with Crippen molar-refractivity contribution < 1.29 is 13.9 Å². The van der Waals surface area contributed by atoms with E-state index in [1.165, 1.54) is 0 Å². The smallest absolute Gasteiger partial charge is 0.193 e. The van der Waals surface area contributed by atoms with E-state index in [2.05, 4.69) is 10.3 Å². The topological polar surface area (TPSA) is 68.9 Å². The van der Waals surface area contributed by atoms with Crippen molar-refractivity contribution in [3.8, 4) is 11.5 Å². The molecule has 3 N–H and O–H groups in total. The molecule has 5 nitrogen and oxygen atoms in total. The minimum absolute atomic E-state index is 0.192. The molecule has 2 aromatic carbocycles. The number of nitrogens with two attached hydrogens (primary N) is 1. The number of hydrogen-bond acceptors (Lipinski definition) is 3. The molecule has 0 aliphatic heterocycles. The van der Waals surface area contributed by atoms with Gasteiger partial charge >= 0.3 is 0 Å². The molecular weight excluding hydrogens is 357 g/mol. The van der Waals surface area contributed by atoms with E-state index in [0.29, 0.717) is 27.8 Å². The number of alkyl halides is 1. The van der Waals surface area contributed by atoms with Crippen LogP contribution in [0, 0.1) is 0 Å². The van der Waals surface area contributed by atoms with Crippen molar-refractivity contribution >= 4 is 23.2 Å². The van der Waals surface area contributed by atoms with Crippen LogP contribution in [-0.4, -0.2) is 26.2 Å². The number of methoxy groups -OCH3 is 2. The van der Waals surface area contributed by atoms with Gasteiger partial charge in [0.05, 0.1) is 25.9 Å². The first-order chi connectivity index (χ1) is 12.4. The Morgan fingerprint density at radius 3 is 2.65 bits per heavy atom. The lowest BCUT2D eigenvalue weighted by atomic mass is 9.73. The third kappa shape index (κ3) is 3.85. The Labute approximate surface area is 157 Å². The Morgan fingerprint density at radius 2 is 2.00 bits per heavy atom. The van der Waals surface area contributed by atoms with Crippen LogP contribution in [0.25, 0.3) is 0 Å². The summed E-state index contributed by atoms with van der Waals surface area (Å²) in [6, 6.07) is 12.0. The number of anilines is 1. The molecule has 138 valence electrons. The maximum Gasteiger partial charge on any atom is 0.193 e. The summed E-state index contributed by atoms with van der Waals surface area (Å²) < 4.78 is 25.4. The second-order valence-corrected chi connectivity index (χ2v) is 6.68. The van der Waals surface area contributed by atoms with Crippen LogP contribution in [-0.2, 0) is 5.67 Å². The number of hydrogen-bond donors (Lipinski definition) is 2. The fraction of sp³-hybridized carbons (Fsp3) is 0.316. The molecule has 3 rings (SSSR count). The number of halogens is 2. The zero-order valence-electron chi connectivity index (χ0n) is 14.6. The first-order valence-corrected chi connectivity index (χ1v) is 8.58. The number of guanidine groups is 1. The van der Waals surface area contributed by atoms with Gasteiger partial charge in [0.2, 0.25) is 0 Å². The van der Waals surface area contributed by atoms with Crippen LogP contribution >= 0.6 is 11.6 Å². The first kappa shape index (κ1) is 18.3. The molecule has 0 amide bonds. The highest BCUT2D eigenvalue weighted by molar-refractivity contribution is 6.30. The largest absolute Gasteiger partial charge is 0.497 e. The zero-order chi connectivity index (χ0) is 18.7. The highest BCUT2D eigenvalue weighted by atomic mass is 35.5. The monoisotopic (exact) mass is 377 g/mol. The van der Waals surface area contributed by atoms with Crippen molar-refractivity contribution in [1.29, 1.82) is 0 Å². The Balaban J connectivity index is 1.67. The van der Waals surface area contributed by atoms with Crippen LogP contribution in [0.15, 0.2) is 47.5 Å². The minimum Gasteiger partial charge on any atom is -0.497 e. The van der Waals surface area contributed by atoms with E-state index in [0.717, 1.165) is 0 Å². The molecule has 1 fully saturated rings. The third-order valence-electron chi connectivity index (χ3n) is 4.45. The van der Waals surface area contributed by atoms with Crippen LogP contribution in [0.1, 0.15) is 18.4 Å². The molecule has 1 saturated carbocycles. The van der Waals surface area contributed by atoms with Crippen LogP contribution in [0.2, 0.25) is 5.02 Å². The van der Waals surface area contributed by atoms with E-state index in [9.17, 15) is 4.39 Å². The molecule has 2 aromatic rings. The van der Waals surface area contributed by atoms with Crippen LogP contribution in [0.4, 0.5) is 10.1 Å². The van der Waals surface area contributed by atoms with Crippen LogP contribution < -0.4 is 20.5 Å². The quantitative estimate of drug-likeness (QED) is 0.607. The third-order valence-corrected chi connectivity index (χ3v) is 4.69. The summed E-state index contributed by atoms with van der Waals surface area (Å²) in [5, 5.41) is 3.52. The fourth-order valence-corrected chi connectivity index (χ4v) is 3.25. The second kappa shape index (κ2) is 7.41. The van der Waals surface area contributed by atoms with Gasteiger partial charge in [-0.25, -0.2) is 9.38 Å². The number of nitrogens with one attached hydrogen (secondary N) is 1. The van der Waals surface area contributed by atoms with Gasteiger partial charge in [0, 0.05) is 23.9 Å². The summed E-state index contributed by atoms with van der Waals surface area (Å²) in [6.07, 6.45) is 0.538.